The highest BCUT2D eigenvalue weighted by molar-refractivity contribution is 6.20. The van der Waals surface area contributed by atoms with E-state index in [2.05, 4.69) is 10.6 Å². The maximum Gasteiger partial charge on any atom is 0.311 e. The third-order valence-electron chi connectivity index (χ3n) is 14.4. The first-order chi connectivity index (χ1) is 43.3. The molecular formula is C65H100N2O23. The number of aliphatic hydroxyl groups excluding tert-OH is 3. The lowest BCUT2D eigenvalue weighted by atomic mass is 9.82. The van der Waals surface area contributed by atoms with Gasteiger partial charge in [-0.3, -0.25) is 28.8 Å². The summed E-state index contributed by atoms with van der Waals surface area (Å²) in [7, 11) is 1.63. The number of hydrogen-bond donors (Lipinski definition) is 5. The zero-order valence-corrected chi connectivity index (χ0v) is 53.7. The van der Waals surface area contributed by atoms with E-state index in [9.17, 15) is 44.1 Å². The number of carbonyl (C=O) groups excluding carboxylic acids is 6. The average Bonchev–Trinajstić information content (AvgIpc) is 1.93. The number of aryl methyl sites for hydroxylation is 1. The van der Waals surface area contributed by atoms with Crippen LogP contribution >= 0.6 is 0 Å². The summed E-state index contributed by atoms with van der Waals surface area (Å²) in [6.07, 6.45) is -2.18. The first-order valence-electron chi connectivity index (χ1n) is 31.1. The molecule has 0 aromatic heterocycles. The van der Waals surface area contributed by atoms with Crippen LogP contribution in [0.1, 0.15) is 71.1 Å². The van der Waals surface area contributed by atoms with Gasteiger partial charge in [0.05, 0.1) is 175 Å². The van der Waals surface area contributed by atoms with Gasteiger partial charge in [-0.25, -0.2) is 0 Å². The Morgan fingerprint density at radius 2 is 1.07 bits per heavy atom. The van der Waals surface area contributed by atoms with Crippen LogP contribution in [0.5, 0.6) is 5.75 Å². The number of hydrogen-bond acceptors (Lipinski definition) is 23. The minimum atomic E-state index is -1.39. The van der Waals surface area contributed by atoms with Gasteiger partial charge in [-0.1, -0.05) is 39.0 Å². The Hall–Kier alpha value is -5.20. The molecule has 2 amide bonds. The van der Waals surface area contributed by atoms with Crippen molar-refractivity contribution in [3.63, 3.8) is 0 Å². The number of aliphatic hydroxyl groups is 3. The van der Waals surface area contributed by atoms with Crippen molar-refractivity contribution in [1.29, 1.82) is 0 Å². The highest BCUT2D eigenvalue weighted by Crippen LogP contribution is 2.29. The number of methoxy groups -OCH3 is 1. The monoisotopic (exact) mass is 1280 g/mol. The lowest BCUT2D eigenvalue weighted by Crippen LogP contribution is -2.52. The molecule has 0 bridgehead atoms. The first kappa shape index (κ1) is 77.2. The molecule has 4 rings (SSSR count). The molecule has 2 aliphatic rings. The maximum atomic E-state index is 14.2. The Labute approximate surface area is 529 Å². The van der Waals surface area contributed by atoms with Crippen molar-refractivity contribution in [3.05, 3.63) is 71.3 Å². The van der Waals surface area contributed by atoms with Crippen molar-refractivity contribution in [2.24, 2.45) is 29.1 Å². The Bertz CT molecular complexity index is 2400. The number of Topliss-reactive ketones (excluding diaryl/α,β-unsaturated/α-hetero) is 1. The second kappa shape index (κ2) is 44.4. The fourth-order valence-corrected chi connectivity index (χ4v) is 9.21. The van der Waals surface area contributed by atoms with Gasteiger partial charge in [-0.2, -0.15) is 0 Å². The van der Waals surface area contributed by atoms with Gasteiger partial charge in [-0.15, -0.1) is 0 Å². The van der Waals surface area contributed by atoms with E-state index in [4.69, 9.17) is 66.3 Å². The van der Waals surface area contributed by atoms with Crippen LogP contribution in [0.4, 0.5) is 5.69 Å². The average molecular weight is 1280 g/mol. The van der Waals surface area contributed by atoms with Gasteiger partial charge in [0.15, 0.2) is 17.3 Å². The van der Waals surface area contributed by atoms with Crippen LogP contribution in [0.2, 0.25) is 0 Å². The van der Waals surface area contributed by atoms with E-state index in [0.717, 1.165) is 12.2 Å². The van der Waals surface area contributed by atoms with E-state index in [0.29, 0.717) is 167 Å². The predicted octanol–water partition coefficient (Wildman–Crippen LogP) is 3.24. The molecule has 0 saturated carbocycles. The van der Waals surface area contributed by atoms with E-state index < -0.39 is 94.7 Å². The first-order valence-corrected chi connectivity index (χ1v) is 31.1. The molecule has 1 saturated heterocycles. The standard InChI is InChI=1S/C65H100N2O23/c1-45(2)59(55(70)40-46(3)62(74)66-50-12-10-49(43-90-64(76)65(4,5)6)48(42-50)11-17-57-61(73)60(72)56(71)44-89-57)67-63(75)52(58-53(68)15-16-54(58)69)41-47-8-13-51(14-9-47)88-39-38-87-37-36-86-35-34-85-33-32-84-31-30-83-29-28-82-27-26-81-25-24-80-23-22-79-21-20-78-19-18-77-7/h8-10,12-16,42,45-46,52,56-61,71-73H,11,17-41,43-44H2,1-7H3,(H,66,74)(H,67,75)/t46-,52?,56+,57-,59+,60-,61-/m0/s1. The fourth-order valence-electron chi connectivity index (χ4n) is 9.21. The second-order valence-electron chi connectivity index (χ2n) is 23.1. The number of ether oxygens (including phenoxy) is 14. The number of ketones is 3. The number of carbonyl (C=O) groups is 6. The Morgan fingerprint density at radius 3 is 1.52 bits per heavy atom. The normalized spacial score (nSPS) is 18.0. The van der Waals surface area contributed by atoms with Gasteiger partial charge in [0.25, 0.3) is 0 Å². The van der Waals surface area contributed by atoms with Gasteiger partial charge in [-0.05, 0) is 99.1 Å². The lowest BCUT2D eigenvalue weighted by Gasteiger charge is -2.35. The van der Waals surface area contributed by atoms with Gasteiger partial charge >= 0.3 is 5.97 Å². The number of nitrogens with one attached hydrogen (secondary N) is 2. The number of allylic oxidation sites excluding steroid dienone is 2. The molecule has 90 heavy (non-hydrogen) atoms. The number of anilines is 1. The molecule has 0 spiro atoms. The van der Waals surface area contributed by atoms with Gasteiger partial charge in [0.2, 0.25) is 11.8 Å². The van der Waals surface area contributed by atoms with Crippen molar-refractivity contribution >= 4 is 40.8 Å². The quantitative estimate of drug-likeness (QED) is 0.0361. The molecule has 5 N–H and O–H groups in total. The number of esters is 1. The zero-order chi connectivity index (χ0) is 65.5. The van der Waals surface area contributed by atoms with E-state index in [1.54, 1.807) is 91.1 Å². The molecule has 25 heteroatoms. The van der Waals surface area contributed by atoms with Crippen molar-refractivity contribution in [2.45, 2.75) is 104 Å². The molecule has 1 unspecified atom stereocenters. The largest absolute Gasteiger partial charge is 0.491 e. The predicted molar refractivity (Wildman–Crippen MR) is 328 cm³/mol. The van der Waals surface area contributed by atoms with Crippen LogP contribution in [0.25, 0.3) is 0 Å². The van der Waals surface area contributed by atoms with Crippen LogP contribution in [0.3, 0.4) is 0 Å². The fraction of sp³-hybridized carbons (Fsp3) is 0.692. The summed E-state index contributed by atoms with van der Waals surface area (Å²) in [4.78, 5) is 80.7. The molecule has 7 atom stereocenters. The molecule has 25 nitrogen and oxygen atoms in total. The minimum Gasteiger partial charge on any atom is -0.491 e. The van der Waals surface area contributed by atoms with Crippen LogP contribution in [0, 0.1) is 29.1 Å². The van der Waals surface area contributed by atoms with E-state index in [1.807, 2.05) is 0 Å². The summed E-state index contributed by atoms with van der Waals surface area (Å²) in [5, 5.41) is 36.4. The lowest BCUT2D eigenvalue weighted by molar-refractivity contribution is -0.188. The maximum absolute atomic E-state index is 14.2. The Morgan fingerprint density at radius 1 is 0.600 bits per heavy atom. The topological polar surface area (TPSA) is 316 Å². The van der Waals surface area contributed by atoms with E-state index >= 15 is 0 Å². The third kappa shape index (κ3) is 30.5. The zero-order valence-electron chi connectivity index (χ0n) is 53.7. The van der Waals surface area contributed by atoms with Crippen molar-refractivity contribution in [3.8, 4) is 5.75 Å². The molecule has 508 valence electrons. The summed E-state index contributed by atoms with van der Waals surface area (Å²) < 4.78 is 77.0. The molecular weight excluding hydrogens is 1180 g/mol. The molecule has 0 radical (unpaired) electrons. The van der Waals surface area contributed by atoms with Gasteiger partial charge in [0, 0.05) is 25.1 Å². The Kier molecular flexibility index (Phi) is 38.1. The van der Waals surface area contributed by atoms with Crippen molar-refractivity contribution in [1.82, 2.24) is 5.32 Å². The Balaban J connectivity index is 1.09. The molecule has 2 aromatic rings. The van der Waals surface area contributed by atoms with E-state index in [1.165, 1.54) is 0 Å². The SMILES string of the molecule is COCCOCCOCCOCCOCCOCCOCCOCCOCCOCCOCCOc1ccc(CC(C(=O)N[C@@H](C(=O)C[C@H](C)C(=O)Nc2ccc(COC(=O)C(C)(C)C)c(CC[C@@H]3OC[C@@H](O)[C@H](O)[C@H]3O)c2)C(C)C)C2C(=O)C=CC2=O)cc1. The molecule has 1 aliphatic carbocycles. The van der Waals surface area contributed by atoms with Crippen LogP contribution in [-0.2, 0) is 110 Å². The third-order valence-corrected chi connectivity index (χ3v) is 14.4. The van der Waals surface area contributed by atoms with Crippen molar-refractivity contribution in [2.75, 3.05) is 164 Å². The molecule has 1 heterocycles. The highest BCUT2D eigenvalue weighted by Gasteiger charge is 2.42. The van der Waals surface area contributed by atoms with Crippen molar-refractivity contribution < 1.29 is 110 Å². The van der Waals surface area contributed by atoms with E-state index in [-0.39, 0.29) is 45.5 Å². The van der Waals surface area contributed by atoms with Crippen LogP contribution in [-0.4, -0.2) is 240 Å². The molecule has 1 fully saturated rings. The van der Waals surface area contributed by atoms with Crippen LogP contribution < -0.4 is 15.4 Å². The highest BCUT2D eigenvalue weighted by atomic mass is 16.6. The number of amides is 2. The summed E-state index contributed by atoms with van der Waals surface area (Å²) in [5.74, 6) is -6.21. The van der Waals surface area contributed by atoms with Crippen LogP contribution in [0.15, 0.2) is 54.6 Å². The summed E-state index contributed by atoms with van der Waals surface area (Å²) in [6.45, 7) is 19.9. The molecule has 2 aromatic carbocycles. The minimum absolute atomic E-state index is 0.00466. The summed E-state index contributed by atoms with van der Waals surface area (Å²) in [6, 6.07) is 10.9. The van der Waals surface area contributed by atoms with Gasteiger partial charge < -0.3 is 92.3 Å². The number of rotatable bonds is 50. The summed E-state index contributed by atoms with van der Waals surface area (Å²) >= 11 is 0. The smallest absolute Gasteiger partial charge is 0.311 e. The second-order valence-corrected chi connectivity index (χ2v) is 23.1. The molecule has 1 aliphatic heterocycles. The summed E-state index contributed by atoms with van der Waals surface area (Å²) in [5.41, 5.74) is 1.57. The van der Waals surface area contributed by atoms with Gasteiger partial charge in [0.1, 0.15) is 37.3 Å². The number of benzene rings is 2.